The number of ether oxygens (including phenoxy) is 1. The fourth-order valence-corrected chi connectivity index (χ4v) is 4.58. The molecule has 0 spiro atoms. The summed E-state index contributed by atoms with van der Waals surface area (Å²) in [6, 6.07) is 4.57. The average molecular weight is 395 g/mol. The molecule has 2 amide bonds. The van der Waals surface area contributed by atoms with E-state index in [4.69, 9.17) is 27.9 Å². The van der Waals surface area contributed by atoms with E-state index in [-0.39, 0.29) is 35.5 Å². The van der Waals surface area contributed by atoms with Gasteiger partial charge in [0, 0.05) is 11.4 Å². The molecule has 0 bridgehead atoms. The van der Waals surface area contributed by atoms with Gasteiger partial charge in [0.05, 0.1) is 16.5 Å². The second-order valence-corrected chi connectivity index (χ2v) is 8.51. The molecule has 1 aliphatic rings. The predicted octanol–water partition coefficient (Wildman–Crippen LogP) is 1.34. The standard InChI is InChI=1S/C14H16Cl2N2O5S/c15-10-1-2-12(11(16)6-10)23-7-14(20)18-17-13(19)5-9-3-4-24(21,22)8-9/h1-2,6,9H,3-5,7-8H2,(H,17,19)(H,18,20)/t9-/m0/s1. The maximum Gasteiger partial charge on any atom is 0.276 e. The van der Waals surface area contributed by atoms with E-state index in [2.05, 4.69) is 10.9 Å². The zero-order valence-electron chi connectivity index (χ0n) is 12.6. The molecule has 24 heavy (non-hydrogen) atoms. The van der Waals surface area contributed by atoms with Crippen LogP contribution < -0.4 is 15.6 Å². The van der Waals surface area contributed by atoms with E-state index in [1.807, 2.05) is 0 Å². The van der Waals surface area contributed by atoms with Gasteiger partial charge < -0.3 is 4.74 Å². The van der Waals surface area contributed by atoms with Gasteiger partial charge in [-0.3, -0.25) is 20.4 Å². The van der Waals surface area contributed by atoms with Gasteiger partial charge in [0.1, 0.15) is 5.75 Å². The van der Waals surface area contributed by atoms with Crippen LogP contribution in [0.1, 0.15) is 12.8 Å². The van der Waals surface area contributed by atoms with Crippen LogP contribution in [0.3, 0.4) is 0 Å². The van der Waals surface area contributed by atoms with Gasteiger partial charge >= 0.3 is 0 Å². The summed E-state index contributed by atoms with van der Waals surface area (Å²) in [5, 5.41) is 0.708. The third-order valence-electron chi connectivity index (χ3n) is 3.39. The summed E-state index contributed by atoms with van der Waals surface area (Å²) in [6.45, 7) is -0.348. The van der Waals surface area contributed by atoms with Crippen molar-refractivity contribution in [3.05, 3.63) is 28.2 Å². The van der Waals surface area contributed by atoms with Crippen LogP contribution in [0.2, 0.25) is 10.0 Å². The van der Waals surface area contributed by atoms with Crippen LogP contribution in [0.5, 0.6) is 5.75 Å². The number of hydrazine groups is 1. The number of carbonyl (C=O) groups is 2. The fourth-order valence-electron chi connectivity index (χ4n) is 2.26. The molecule has 2 rings (SSSR count). The number of sulfone groups is 1. The molecule has 2 N–H and O–H groups in total. The molecule has 0 aliphatic carbocycles. The largest absolute Gasteiger partial charge is 0.482 e. The van der Waals surface area contributed by atoms with Gasteiger partial charge in [-0.1, -0.05) is 23.2 Å². The third kappa shape index (κ3) is 5.85. The highest BCUT2D eigenvalue weighted by molar-refractivity contribution is 7.91. The summed E-state index contributed by atoms with van der Waals surface area (Å²) in [6.07, 6.45) is 0.505. The van der Waals surface area contributed by atoms with Gasteiger partial charge in [-0.15, -0.1) is 0 Å². The molecule has 0 aromatic heterocycles. The molecule has 1 aliphatic heterocycles. The number of benzene rings is 1. The maximum atomic E-state index is 11.7. The molecule has 7 nitrogen and oxygen atoms in total. The summed E-state index contributed by atoms with van der Waals surface area (Å²) in [5.74, 6) is -0.836. The Bertz CT molecular complexity index is 739. The topological polar surface area (TPSA) is 102 Å². The Labute approximate surface area is 149 Å². The average Bonchev–Trinajstić information content (AvgIpc) is 2.83. The van der Waals surface area contributed by atoms with Gasteiger partial charge in [0.25, 0.3) is 5.91 Å². The lowest BCUT2D eigenvalue weighted by Gasteiger charge is -2.11. The molecular formula is C14H16Cl2N2O5S. The molecule has 1 atom stereocenters. The number of carbonyl (C=O) groups excluding carboxylic acids is 2. The van der Waals surface area contributed by atoms with Crippen LogP contribution in [-0.4, -0.2) is 38.3 Å². The summed E-state index contributed by atoms with van der Waals surface area (Å²) in [4.78, 5) is 23.3. The minimum absolute atomic E-state index is 0.00649. The SMILES string of the molecule is O=C(COc1ccc(Cl)cc1Cl)NNC(=O)C[C@@H]1CCS(=O)(=O)C1. The number of amides is 2. The van der Waals surface area contributed by atoms with Crippen LogP contribution in [0, 0.1) is 5.92 Å². The Hall–Kier alpha value is -1.51. The summed E-state index contributed by atoms with van der Waals surface area (Å²) in [7, 11) is -3.03. The van der Waals surface area contributed by atoms with E-state index in [1.54, 1.807) is 6.07 Å². The Balaban J connectivity index is 1.70. The van der Waals surface area contributed by atoms with Crippen molar-refractivity contribution in [3.63, 3.8) is 0 Å². The number of hydrogen-bond acceptors (Lipinski definition) is 5. The van der Waals surface area contributed by atoms with Gasteiger partial charge in [-0.25, -0.2) is 8.42 Å². The second kappa shape index (κ2) is 8.04. The molecule has 0 unspecified atom stereocenters. The molecule has 1 fully saturated rings. The van der Waals surface area contributed by atoms with Crippen LogP contribution in [0.4, 0.5) is 0 Å². The van der Waals surface area contributed by atoms with Gasteiger partial charge in [0.2, 0.25) is 5.91 Å². The fraction of sp³-hybridized carbons (Fsp3) is 0.429. The molecule has 1 aromatic carbocycles. The summed E-state index contributed by atoms with van der Waals surface area (Å²) in [5.41, 5.74) is 4.43. The third-order valence-corrected chi connectivity index (χ3v) is 5.76. The van der Waals surface area contributed by atoms with Crippen molar-refractivity contribution in [2.75, 3.05) is 18.1 Å². The van der Waals surface area contributed by atoms with Gasteiger partial charge in [0.15, 0.2) is 16.4 Å². The minimum atomic E-state index is -3.03. The van der Waals surface area contributed by atoms with Gasteiger partial charge in [-0.05, 0) is 30.5 Å². The summed E-state index contributed by atoms with van der Waals surface area (Å²) < 4.78 is 27.9. The highest BCUT2D eigenvalue weighted by Gasteiger charge is 2.29. The maximum absolute atomic E-state index is 11.7. The van der Waals surface area contributed by atoms with E-state index < -0.39 is 21.7 Å². The molecule has 10 heteroatoms. The van der Waals surface area contributed by atoms with Crippen LogP contribution in [0.25, 0.3) is 0 Å². The first-order valence-corrected chi connectivity index (χ1v) is 9.69. The van der Waals surface area contributed by atoms with Crippen LogP contribution in [-0.2, 0) is 19.4 Å². The van der Waals surface area contributed by atoms with E-state index >= 15 is 0 Å². The first-order valence-electron chi connectivity index (χ1n) is 7.11. The molecule has 1 saturated heterocycles. The van der Waals surface area contributed by atoms with Crippen molar-refractivity contribution in [1.29, 1.82) is 0 Å². The zero-order chi connectivity index (χ0) is 17.7. The lowest BCUT2D eigenvalue weighted by Crippen LogP contribution is -2.44. The highest BCUT2D eigenvalue weighted by Crippen LogP contribution is 2.27. The highest BCUT2D eigenvalue weighted by atomic mass is 35.5. The Morgan fingerprint density at radius 2 is 1.92 bits per heavy atom. The number of hydrogen-bond donors (Lipinski definition) is 2. The first-order chi connectivity index (χ1) is 11.2. The van der Waals surface area contributed by atoms with Crippen molar-refractivity contribution in [2.45, 2.75) is 12.8 Å². The first kappa shape index (κ1) is 18.8. The monoisotopic (exact) mass is 394 g/mol. The van der Waals surface area contributed by atoms with E-state index in [9.17, 15) is 18.0 Å². The number of halogens is 2. The van der Waals surface area contributed by atoms with Crippen molar-refractivity contribution < 1.29 is 22.7 Å². The normalized spacial score (nSPS) is 18.8. The lowest BCUT2D eigenvalue weighted by atomic mass is 10.1. The Morgan fingerprint density at radius 1 is 1.21 bits per heavy atom. The predicted molar refractivity (Wildman–Crippen MR) is 89.6 cm³/mol. The van der Waals surface area contributed by atoms with E-state index in [1.165, 1.54) is 12.1 Å². The molecule has 0 saturated carbocycles. The van der Waals surface area contributed by atoms with Gasteiger partial charge in [-0.2, -0.15) is 0 Å². The molecule has 1 heterocycles. The quantitative estimate of drug-likeness (QED) is 0.733. The zero-order valence-corrected chi connectivity index (χ0v) is 14.9. The number of nitrogens with one attached hydrogen (secondary N) is 2. The minimum Gasteiger partial charge on any atom is -0.482 e. The smallest absolute Gasteiger partial charge is 0.276 e. The van der Waals surface area contributed by atoms with Crippen molar-refractivity contribution in [1.82, 2.24) is 10.9 Å². The van der Waals surface area contributed by atoms with Crippen molar-refractivity contribution in [3.8, 4) is 5.75 Å². The van der Waals surface area contributed by atoms with E-state index in [0.29, 0.717) is 17.2 Å². The van der Waals surface area contributed by atoms with Crippen LogP contribution in [0.15, 0.2) is 18.2 Å². The molecule has 1 aromatic rings. The molecule has 132 valence electrons. The van der Waals surface area contributed by atoms with E-state index in [0.717, 1.165) is 0 Å². The molecular weight excluding hydrogens is 379 g/mol. The molecule has 0 radical (unpaired) electrons. The Kier molecular flexibility index (Phi) is 6.31. The second-order valence-electron chi connectivity index (χ2n) is 5.43. The lowest BCUT2D eigenvalue weighted by molar-refractivity contribution is -0.130. The van der Waals surface area contributed by atoms with Crippen molar-refractivity contribution in [2.24, 2.45) is 5.92 Å². The number of rotatable bonds is 5. The van der Waals surface area contributed by atoms with Crippen LogP contribution >= 0.6 is 23.2 Å². The Morgan fingerprint density at radius 3 is 2.54 bits per heavy atom. The summed E-state index contributed by atoms with van der Waals surface area (Å²) >= 11 is 11.6. The van der Waals surface area contributed by atoms with Crippen molar-refractivity contribution >= 4 is 44.9 Å².